The molecule has 2 heterocycles. The van der Waals surface area contributed by atoms with Crippen molar-refractivity contribution in [1.82, 2.24) is 9.88 Å². The molecule has 1 aromatic heterocycles. The van der Waals surface area contributed by atoms with E-state index in [1.807, 2.05) is 30.3 Å². The Morgan fingerprint density at radius 1 is 1.25 bits per heavy atom. The van der Waals surface area contributed by atoms with E-state index in [2.05, 4.69) is 24.1 Å². The first-order valence-corrected chi connectivity index (χ1v) is 9.43. The Hall–Kier alpha value is -1.72. The quantitative estimate of drug-likeness (QED) is 0.830. The number of carbonyl (C=O) groups is 1. The van der Waals surface area contributed by atoms with Gasteiger partial charge in [0.05, 0.1) is 11.4 Å². The summed E-state index contributed by atoms with van der Waals surface area (Å²) in [6, 6.07) is 9.72. The molecule has 0 unspecified atom stereocenters. The Balaban J connectivity index is 1.75. The summed E-state index contributed by atoms with van der Waals surface area (Å²) >= 11 is 1.54. The van der Waals surface area contributed by atoms with Crippen LogP contribution in [0.1, 0.15) is 32.9 Å². The van der Waals surface area contributed by atoms with Crippen molar-refractivity contribution < 1.29 is 4.79 Å². The number of hydrogen-bond donors (Lipinski definition) is 0. The van der Waals surface area contributed by atoms with E-state index in [1.54, 1.807) is 11.8 Å². The lowest BCUT2D eigenvalue weighted by molar-refractivity contribution is -0.115. The molecule has 2 aromatic rings. The Labute approximate surface area is 148 Å². The summed E-state index contributed by atoms with van der Waals surface area (Å²) in [5, 5.41) is 2.83. The molecule has 1 aliphatic heterocycles. The predicted molar refractivity (Wildman–Crippen MR) is 99.6 cm³/mol. The van der Waals surface area contributed by atoms with Gasteiger partial charge in [0.25, 0.3) is 0 Å². The third kappa shape index (κ3) is 4.02. The molecule has 24 heavy (non-hydrogen) atoms. The lowest BCUT2D eigenvalue weighted by Gasteiger charge is -2.34. The van der Waals surface area contributed by atoms with Gasteiger partial charge in [-0.05, 0) is 30.4 Å². The molecule has 0 radical (unpaired) electrons. The number of para-hydroxylation sites is 1. The van der Waals surface area contributed by atoms with E-state index >= 15 is 0 Å². The lowest BCUT2D eigenvalue weighted by Crippen LogP contribution is -2.38. The first-order valence-electron chi connectivity index (χ1n) is 8.55. The highest BCUT2D eigenvalue weighted by Gasteiger charge is 2.23. The zero-order valence-corrected chi connectivity index (χ0v) is 15.4. The molecule has 128 valence electrons. The summed E-state index contributed by atoms with van der Waals surface area (Å²) in [6.45, 7) is 9.36. The Kier molecular flexibility index (Phi) is 5.31. The molecule has 0 spiro atoms. The molecule has 0 saturated carbocycles. The fraction of sp³-hybridized carbons (Fsp3) is 0.474. The Bertz CT molecular complexity index is 675. The maximum absolute atomic E-state index is 12.1. The van der Waals surface area contributed by atoms with Crippen LogP contribution in [-0.2, 0) is 11.3 Å². The van der Waals surface area contributed by atoms with Gasteiger partial charge in [-0.15, -0.1) is 11.3 Å². The maximum Gasteiger partial charge on any atom is 0.230 e. The zero-order chi connectivity index (χ0) is 17.1. The topological polar surface area (TPSA) is 36.4 Å². The minimum absolute atomic E-state index is 0.0117. The molecule has 2 atom stereocenters. The molecule has 5 heteroatoms. The molecule has 4 nitrogen and oxygen atoms in total. The number of benzene rings is 1. The van der Waals surface area contributed by atoms with E-state index in [1.165, 1.54) is 17.8 Å². The third-order valence-electron chi connectivity index (χ3n) is 4.39. The number of thiazole rings is 1. The first-order chi connectivity index (χ1) is 11.5. The van der Waals surface area contributed by atoms with E-state index in [0.717, 1.165) is 48.0 Å². The van der Waals surface area contributed by atoms with Gasteiger partial charge in [0, 0.05) is 31.9 Å². The standard InChI is InChI=1S/C19H25N3OS/c1-14-9-15(2)11-21(10-14)12-17-13-24-19(20-17)22(16(3)23)18-7-5-4-6-8-18/h4-8,13-15H,9-12H2,1-3H3/t14-,15-/m0/s1. The maximum atomic E-state index is 12.1. The van der Waals surface area contributed by atoms with E-state index in [-0.39, 0.29) is 5.91 Å². The molecule has 1 aliphatic rings. The molecular formula is C19H25N3OS. The largest absolute Gasteiger partial charge is 0.297 e. The van der Waals surface area contributed by atoms with Crippen LogP contribution in [0, 0.1) is 11.8 Å². The van der Waals surface area contributed by atoms with Crippen LogP contribution in [0.15, 0.2) is 35.7 Å². The van der Waals surface area contributed by atoms with Crippen molar-refractivity contribution in [2.45, 2.75) is 33.7 Å². The van der Waals surface area contributed by atoms with Crippen LogP contribution in [0.2, 0.25) is 0 Å². The SMILES string of the molecule is CC(=O)N(c1ccccc1)c1nc(CN2C[C@@H](C)C[C@H](C)C2)cs1. The average molecular weight is 343 g/mol. The first kappa shape index (κ1) is 17.1. The lowest BCUT2D eigenvalue weighted by atomic mass is 9.92. The number of piperidine rings is 1. The van der Waals surface area contributed by atoms with Crippen molar-refractivity contribution in [3.8, 4) is 0 Å². The van der Waals surface area contributed by atoms with Crippen LogP contribution in [0.5, 0.6) is 0 Å². The smallest absolute Gasteiger partial charge is 0.230 e. The summed E-state index contributed by atoms with van der Waals surface area (Å²) in [5.74, 6) is 1.47. The van der Waals surface area contributed by atoms with Gasteiger partial charge in [0.15, 0.2) is 5.13 Å². The van der Waals surface area contributed by atoms with Crippen molar-refractivity contribution >= 4 is 28.1 Å². The van der Waals surface area contributed by atoms with Crippen molar-refractivity contribution in [3.63, 3.8) is 0 Å². The molecular weight excluding hydrogens is 318 g/mol. The van der Waals surface area contributed by atoms with Crippen molar-refractivity contribution in [2.24, 2.45) is 11.8 Å². The Morgan fingerprint density at radius 2 is 1.92 bits per heavy atom. The van der Waals surface area contributed by atoms with Crippen LogP contribution < -0.4 is 4.90 Å². The second kappa shape index (κ2) is 7.45. The number of rotatable bonds is 4. The summed E-state index contributed by atoms with van der Waals surface area (Å²) in [7, 11) is 0. The number of likely N-dealkylation sites (tertiary alicyclic amines) is 1. The minimum Gasteiger partial charge on any atom is -0.297 e. The van der Waals surface area contributed by atoms with Gasteiger partial charge in [-0.1, -0.05) is 32.0 Å². The van der Waals surface area contributed by atoms with Crippen LogP contribution in [0.25, 0.3) is 0 Å². The third-order valence-corrected chi connectivity index (χ3v) is 5.26. The highest BCUT2D eigenvalue weighted by atomic mass is 32.1. The normalized spacial score (nSPS) is 21.6. The van der Waals surface area contributed by atoms with Gasteiger partial charge < -0.3 is 0 Å². The molecule has 0 bridgehead atoms. The number of aromatic nitrogens is 1. The van der Waals surface area contributed by atoms with Crippen LogP contribution >= 0.6 is 11.3 Å². The van der Waals surface area contributed by atoms with E-state index in [9.17, 15) is 4.79 Å². The highest BCUT2D eigenvalue weighted by molar-refractivity contribution is 7.14. The number of amides is 1. The van der Waals surface area contributed by atoms with E-state index < -0.39 is 0 Å². The second-order valence-corrected chi connectivity index (χ2v) is 7.79. The number of anilines is 2. The molecule has 1 fully saturated rings. The highest BCUT2D eigenvalue weighted by Crippen LogP contribution is 2.30. The van der Waals surface area contributed by atoms with Crippen molar-refractivity contribution in [2.75, 3.05) is 18.0 Å². The molecule has 1 saturated heterocycles. The average Bonchev–Trinajstić information content (AvgIpc) is 2.95. The minimum atomic E-state index is -0.0117. The number of hydrogen-bond acceptors (Lipinski definition) is 4. The van der Waals surface area contributed by atoms with Gasteiger partial charge in [0.2, 0.25) is 5.91 Å². The van der Waals surface area contributed by atoms with E-state index in [0.29, 0.717) is 0 Å². The van der Waals surface area contributed by atoms with Gasteiger partial charge >= 0.3 is 0 Å². The molecule has 0 aliphatic carbocycles. The summed E-state index contributed by atoms with van der Waals surface area (Å²) in [6.07, 6.45) is 1.31. The zero-order valence-electron chi connectivity index (χ0n) is 14.6. The predicted octanol–water partition coefficient (Wildman–Crippen LogP) is 4.31. The van der Waals surface area contributed by atoms with Gasteiger partial charge in [-0.2, -0.15) is 0 Å². The number of nitrogens with zero attached hydrogens (tertiary/aromatic N) is 3. The van der Waals surface area contributed by atoms with Gasteiger partial charge in [-0.3, -0.25) is 14.6 Å². The molecule has 3 rings (SSSR count). The van der Waals surface area contributed by atoms with Crippen molar-refractivity contribution in [1.29, 1.82) is 0 Å². The van der Waals surface area contributed by atoms with Gasteiger partial charge in [-0.25, -0.2) is 4.98 Å². The Morgan fingerprint density at radius 3 is 2.54 bits per heavy atom. The summed E-state index contributed by atoms with van der Waals surface area (Å²) in [5.41, 5.74) is 1.92. The van der Waals surface area contributed by atoms with Crippen LogP contribution in [-0.4, -0.2) is 28.9 Å². The fourth-order valence-corrected chi connectivity index (χ4v) is 4.50. The molecule has 1 amide bonds. The van der Waals surface area contributed by atoms with E-state index in [4.69, 9.17) is 4.98 Å². The summed E-state index contributed by atoms with van der Waals surface area (Å²) in [4.78, 5) is 21.0. The molecule has 0 N–H and O–H groups in total. The van der Waals surface area contributed by atoms with Crippen LogP contribution in [0.4, 0.5) is 10.8 Å². The second-order valence-electron chi connectivity index (χ2n) is 6.95. The summed E-state index contributed by atoms with van der Waals surface area (Å²) < 4.78 is 0. The van der Waals surface area contributed by atoms with Crippen LogP contribution in [0.3, 0.4) is 0 Å². The fourth-order valence-electron chi connectivity index (χ4n) is 3.63. The van der Waals surface area contributed by atoms with Gasteiger partial charge in [0.1, 0.15) is 0 Å². The monoisotopic (exact) mass is 343 g/mol. The number of carbonyl (C=O) groups excluding carboxylic acids is 1. The van der Waals surface area contributed by atoms with Crippen molar-refractivity contribution in [3.05, 3.63) is 41.4 Å². The molecule has 1 aromatic carbocycles.